The highest BCUT2D eigenvalue weighted by molar-refractivity contribution is 5.80. The monoisotopic (exact) mass is 357 g/mol. The summed E-state index contributed by atoms with van der Waals surface area (Å²) in [6.07, 6.45) is 8.58. The molecule has 2 amide bonds. The molecule has 26 heavy (non-hydrogen) atoms. The topological polar surface area (TPSA) is 97.9 Å². The molecule has 1 aliphatic carbocycles. The average Bonchev–Trinajstić information content (AvgIpc) is 3.14. The zero-order valence-corrected chi connectivity index (χ0v) is 14.8. The standard InChI is InChI=1S/C17H23N7O2/c1-22-14(6-8-19-22)17-13(4-5-16(26)24(17)12-2-3-12)20-15(25)7-10-23-11-9-18-21-23/h6,8-9,11-13,17H,2-5,7,10H2,1H3,(H,20,25)/t13-,17-/m1/s1. The zero-order valence-electron chi connectivity index (χ0n) is 14.8. The van der Waals surface area contributed by atoms with Crippen molar-refractivity contribution in [2.75, 3.05) is 0 Å². The Morgan fingerprint density at radius 2 is 2.15 bits per heavy atom. The number of hydrogen-bond acceptors (Lipinski definition) is 5. The number of amides is 2. The number of likely N-dealkylation sites (tertiary alicyclic amines) is 1. The summed E-state index contributed by atoms with van der Waals surface area (Å²) < 4.78 is 3.44. The third kappa shape index (κ3) is 3.33. The van der Waals surface area contributed by atoms with E-state index in [0.717, 1.165) is 18.5 Å². The molecule has 0 radical (unpaired) electrons. The summed E-state index contributed by atoms with van der Waals surface area (Å²) in [7, 11) is 1.88. The van der Waals surface area contributed by atoms with E-state index < -0.39 is 0 Å². The Balaban J connectivity index is 1.50. The lowest BCUT2D eigenvalue weighted by atomic mass is 9.92. The normalized spacial score (nSPS) is 23.3. The number of piperidine rings is 1. The first kappa shape index (κ1) is 16.7. The highest BCUT2D eigenvalue weighted by atomic mass is 16.2. The van der Waals surface area contributed by atoms with Crippen LogP contribution in [0.2, 0.25) is 0 Å². The maximum absolute atomic E-state index is 12.6. The van der Waals surface area contributed by atoms with Crippen molar-refractivity contribution in [3.8, 4) is 0 Å². The molecule has 9 heteroatoms. The number of aryl methyl sites for hydroxylation is 2. The number of hydrogen-bond donors (Lipinski definition) is 1. The molecule has 1 aliphatic heterocycles. The molecule has 138 valence electrons. The first-order valence-electron chi connectivity index (χ1n) is 9.06. The fourth-order valence-corrected chi connectivity index (χ4v) is 3.72. The Morgan fingerprint density at radius 3 is 2.81 bits per heavy atom. The van der Waals surface area contributed by atoms with Gasteiger partial charge in [0.05, 0.1) is 30.5 Å². The van der Waals surface area contributed by atoms with E-state index in [0.29, 0.717) is 25.8 Å². The predicted molar refractivity (Wildman–Crippen MR) is 91.6 cm³/mol. The second-order valence-corrected chi connectivity index (χ2v) is 6.99. The van der Waals surface area contributed by atoms with Crippen LogP contribution in [0.3, 0.4) is 0 Å². The van der Waals surface area contributed by atoms with Crippen molar-refractivity contribution in [1.29, 1.82) is 0 Å². The molecule has 0 unspecified atom stereocenters. The lowest BCUT2D eigenvalue weighted by Crippen LogP contribution is -2.53. The van der Waals surface area contributed by atoms with Gasteiger partial charge < -0.3 is 10.2 Å². The van der Waals surface area contributed by atoms with Crippen LogP contribution in [-0.2, 0) is 23.2 Å². The molecule has 1 N–H and O–H groups in total. The number of aromatic nitrogens is 5. The Bertz CT molecular complexity index is 781. The minimum Gasteiger partial charge on any atom is -0.351 e. The molecule has 2 aromatic heterocycles. The van der Waals surface area contributed by atoms with Crippen LogP contribution in [0.1, 0.15) is 43.8 Å². The van der Waals surface area contributed by atoms with Gasteiger partial charge in [-0.2, -0.15) is 5.10 Å². The molecule has 2 fully saturated rings. The van der Waals surface area contributed by atoms with E-state index in [1.54, 1.807) is 28.0 Å². The van der Waals surface area contributed by atoms with Gasteiger partial charge in [0.15, 0.2) is 0 Å². The average molecular weight is 357 g/mol. The third-order valence-corrected chi connectivity index (χ3v) is 5.13. The van der Waals surface area contributed by atoms with Crippen molar-refractivity contribution >= 4 is 11.8 Å². The van der Waals surface area contributed by atoms with Crippen LogP contribution in [-0.4, -0.2) is 53.6 Å². The van der Waals surface area contributed by atoms with Gasteiger partial charge in [-0.15, -0.1) is 5.10 Å². The number of carbonyl (C=O) groups is 2. The van der Waals surface area contributed by atoms with E-state index in [4.69, 9.17) is 0 Å². The SMILES string of the molecule is Cn1nccc1[C@H]1[C@H](NC(=O)CCn2ccnn2)CCC(=O)N1C1CC1. The first-order valence-corrected chi connectivity index (χ1v) is 9.06. The smallest absolute Gasteiger partial charge is 0.223 e. The van der Waals surface area contributed by atoms with Crippen LogP contribution < -0.4 is 5.32 Å². The van der Waals surface area contributed by atoms with E-state index in [2.05, 4.69) is 20.7 Å². The van der Waals surface area contributed by atoms with Gasteiger partial charge in [0.1, 0.15) is 0 Å². The van der Waals surface area contributed by atoms with Crippen molar-refractivity contribution in [3.63, 3.8) is 0 Å². The second-order valence-electron chi connectivity index (χ2n) is 6.99. The lowest BCUT2D eigenvalue weighted by molar-refractivity contribution is -0.140. The van der Waals surface area contributed by atoms with Gasteiger partial charge in [-0.3, -0.25) is 19.0 Å². The minimum absolute atomic E-state index is 0.0391. The number of nitrogens with one attached hydrogen (secondary N) is 1. The van der Waals surface area contributed by atoms with Gasteiger partial charge in [0.25, 0.3) is 0 Å². The largest absolute Gasteiger partial charge is 0.351 e. The molecule has 1 saturated heterocycles. The Morgan fingerprint density at radius 1 is 1.31 bits per heavy atom. The van der Waals surface area contributed by atoms with Crippen molar-refractivity contribution in [2.24, 2.45) is 7.05 Å². The molecule has 3 heterocycles. The molecule has 0 aromatic carbocycles. The van der Waals surface area contributed by atoms with E-state index in [1.165, 1.54) is 0 Å². The molecular formula is C17H23N7O2. The van der Waals surface area contributed by atoms with Crippen LogP contribution in [0.5, 0.6) is 0 Å². The van der Waals surface area contributed by atoms with Gasteiger partial charge in [-0.1, -0.05) is 5.21 Å². The summed E-state index contributed by atoms with van der Waals surface area (Å²) in [6.45, 7) is 0.486. The van der Waals surface area contributed by atoms with E-state index in [9.17, 15) is 9.59 Å². The molecule has 2 aliphatic rings. The van der Waals surface area contributed by atoms with Crippen molar-refractivity contribution < 1.29 is 9.59 Å². The first-order chi connectivity index (χ1) is 12.6. The van der Waals surface area contributed by atoms with Gasteiger partial charge in [-0.25, -0.2) is 0 Å². The second kappa shape index (κ2) is 6.89. The third-order valence-electron chi connectivity index (χ3n) is 5.13. The maximum atomic E-state index is 12.6. The Labute approximate surface area is 151 Å². The summed E-state index contributed by atoms with van der Waals surface area (Å²) in [5.41, 5.74) is 0.964. The van der Waals surface area contributed by atoms with Crippen molar-refractivity contribution in [1.82, 2.24) is 35.0 Å². The fourth-order valence-electron chi connectivity index (χ4n) is 3.72. The maximum Gasteiger partial charge on any atom is 0.223 e. The Kier molecular flexibility index (Phi) is 4.44. The molecule has 0 spiro atoms. The number of rotatable bonds is 6. The lowest BCUT2D eigenvalue weighted by Gasteiger charge is -2.41. The highest BCUT2D eigenvalue weighted by Crippen LogP contribution is 2.40. The molecule has 4 rings (SSSR count). The summed E-state index contributed by atoms with van der Waals surface area (Å²) in [6, 6.07) is 1.96. The van der Waals surface area contributed by atoms with Crippen LogP contribution in [0.4, 0.5) is 0 Å². The summed E-state index contributed by atoms with van der Waals surface area (Å²) in [5.74, 6) is 0.134. The van der Waals surface area contributed by atoms with Crippen molar-refractivity contribution in [3.05, 3.63) is 30.4 Å². The van der Waals surface area contributed by atoms with Crippen molar-refractivity contribution in [2.45, 2.75) is 56.8 Å². The van der Waals surface area contributed by atoms with Gasteiger partial charge in [-0.05, 0) is 25.3 Å². The van der Waals surface area contributed by atoms with Crippen LogP contribution in [0.15, 0.2) is 24.7 Å². The molecule has 2 atom stereocenters. The van der Waals surface area contributed by atoms with Crippen LogP contribution in [0.25, 0.3) is 0 Å². The summed E-state index contributed by atoms with van der Waals surface area (Å²) in [5, 5.41) is 15.0. The van der Waals surface area contributed by atoms with E-state index in [-0.39, 0.29) is 29.9 Å². The summed E-state index contributed by atoms with van der Waals surface area (Å²) in [4.78, 5) is 27.0. The number of carbonyl (C=O) groups excluding carboxylic acids is 2. The predicted octanol–water partition coefficient (Wildman–Crippen LogP) is 0.413. The fraction of sp³-hybridized carbons (Fsp3) is 0.588. The van der Waals surface area contributed by atoms with Gasteiger partial charge in [0, 0.05) is 38.3 Å². The molecular weight excluding hydrogens is 334 g/mol. The zero-order chi connectivity index (χ0) is 18.1. The molecule has 9 nitrogen and oxygen atoms in total. The number of nitrogens with zero attached hydrogens (tertiary/aromatic N) is 6. The quantitative estimate of drug-likeness (QED) is 0.808. The minimum atomic E-state index is -0.161. The van der Waals surface area contributed by atoms with E-state index >= 15 is 0 Å². The molecule has 2 aromatic rings. The van der Waals surface area contributed by atoms with Gasteiger partial charge in [0.2, 0.25) is 11.8 Å². The molecule has 0 bridgehead atoms. The summed E-state index contributed by atoms with van der Waals surface area (Å²) >= 11 is 0. The Hall–Kier alpha value is -2.71. The van der Waals surface area contributed by atoms with Crippen LogP contribution in [0, 0.1) is 0 Å². The van der Waals surface area contributed by atoms with Gasteiger partial charge >= 0.3 is 0 Å². The molecule has 1 saturated carbocycles. The highest BCUT2D eigenvalue weighted by Gasteiger charge is 2.45. The van der Waals surface area contributed by atoms with Crippen LogP contribution >= 0.6 is 0 Å². The van der Waals surface area contributed by atoms with E-state index in [1.807, 2.05) is 18.0 Å².